The highest BCUT2D eigenvalue weighted by Gasteiger charge is 2.28. The Hall–Kier alpha value is -2.80. The highest BCUT2D eigenvalue weighted by Crippen LogP contribution is 2.19. The molecular weight excluding hydrogens is 385 g/mol. The van der Waals surface area contributed by atoms with Crippen molar-refractivity contribution in [2.24, 2.45) is 0 Å². The van der Waals surface area contributed by atoms with Gasteiger partial charge in [0.15, 0.2) is 6.10 Å². The molecular formula is C20H21ClFN3O3. The minimum Gasteiger partial charge on any atom is -0.481 e. The summed E-state index contributed by atoms with van der Waals surface area (Å²) in [5.74, 6) is 0.0310. The topological polar surface area (TPSA) is 61.9 Å². The van der Waals surface area contributed by atoms with Gasteiger partial charge in [0.05, 0.1) is 0 Å². The third-order valence-corrected chi connectivity index (χ3v) is 4.67. The summed E-state index contributed by atoms with van der Waals surface area (Å²) in [7, 11) is 0. The van der Waals surface area contributed by atoms with Crippen LogP contribution in [-0.2, 0) is 4.79 Å². The molecule has 3 amide bonds. The molecule has 1 aliphatic heterocycles. The van der Waals surface area contributed by atoms with E-state index in [0.29, 0.717) is 42.6 Å². The maximum Gasteiger partial charge on any atom is 0.321 e. The zero-order chi connectivity index (χ0) is 20.1. The molecule has 1 fully saturated rings. The molecule has 148 valence electrons. The summed E-state index contributed by atoms with van der Waals surface area (Å²) in [4.78, 5) is 28.2. The van der Waals surface area contributed by atoms with Gasteiger partial charge in [-0.25, -0.2) is 9.18 Å². The summed E-state index contributed by atoms with van der Waals surface area (Å²) in [6.45, 7) is 3.33. The van der Waals surface area contributed by atoms with Gasteiger partial charge in [-0.15, -0.1) is 0 Å². The fraction of sp³-hybridized carbons (Fsp3) is 0.300. The van der Waals surface area contributed by atoms with Crippen LogP contribution in [0.4, 0.5) is 14.9 Å². The molecule has 0 spiro atoms. The first kappa shape index (κ1) is 19.9. The Morgan fingerprint density at radius 1 is 1.07 bits per heavy atom. The van der Waals surface area contributed by atoms with E-state index in [2.05, 4.69) is 5.32 Å². The number of nitrogens with one attached hydrogen (secondary N) is 1. The molecule has 1 heterocycles. The number of nitrogens with zero attached hydrogens (tertiary/aromatic N) is 2. The fourth-order valence-corrected chi connectivity index (χ4v) is 3.10. The number of piperazine rings is 1. The number of anilines is 1. The normalized spacial score (nSPS) is 15.1. The van der Waals surface area contributed by atoms with Crippen LogP contribution in [0.1, 0.15) is 6.92 Å². The molecule has 8 heteroatoms. The lowest BCUT2D eigenvalue weighted by Crippen LogP contribution is -2.54. The lowest BCUT2D eigenvalue weighted by Gasteiger charge is -2.35. The van der Waals surface area contributed by atoms with Gasteiger partial charge >= 0.3 is 6.03 Å². The van der Waals surface area contributed by atoms with E-state index >= 15 is 0 Å². The van der Waals surface area contributed by atoms with Crippen LogP contribution in [0.3, 0.4) is 0 Å². The zero-order valence-corrected chi connectivity index (χ0v) is 16.2. The van der Waals surface area contributed by atoms with Crippen LogP contribution in [-0.4, -0.2) is 54.0 Å². The Morgan fingerprint density at radius 3 is 2.36 bits per heavy atom. The molecule has 3 rings (SSSR count). The first-order valence-corrected chi connectivity index (χ1v) is 9.32. The number of amides is 3. The van der Waals surface area contributed by atoms with Gasteiger partial charge in [-0.2, -0.15) is 0 Å². The zero-order valence-electron chi connectivity index (χ0n) is 15.4. The van der Waals surface area contributed by atoms with Crippen LogP contribution in [0.15, 0.2) is 48.5 Å². The SMILES string of the molecule is CC(Oc1cccc(Cl)c1)C(=O)N1CCN(C(=O)Nc2ccc(F)cc2)CC1. The van der Waals surface area contributed by atoms with Crippen molar-refractivity contribution in [3.63, 3.8) is 0 Å². The molecule has 0 saturated carbocycles. The second-order valence-corrected chi connectivity index (χ2v) is 6.90. The fourth-order valence-electron chi connectivity index (χ4n) is 2.92. The number of carbonyl (C=O) groups excluding carboxylic acids is 2. The summed E-state index contributed by atoms with van der Waals surface area (Å²) < 4.78 is 18.6. The summed E-state index contributed by atoms with van der Waals surface area (Å²) >= 11 is 5.93. The van der Waals surface area contributed by atoms with Crippen LogP contribution in [0.25, 0.3) is 0 Å². The molecule has 0 radical (unpaired) electrons. The Bertz CT molecular complexity index is 839. The molecule has 28 heavy (non-hydrogen) atoms. The van der Waals surface area contributed by atoms with Crippen molar-refractivity contribution < 1.29 is 18.7 Å². The maximum absolute atomic E-state index is 12.9. The van der Waals surface area contributed by atoms with Gasteiger partial charge in [0.25, 0.3) is 5.91 Å². The van der Waals surface area contributed by atoms with Crippen molar-refractivity contribution >= 4 is 29.2 Å². The van der Waals surface area contributed by atoms with Gasteiger partial charge in [0, 0.05) is 36.9 Å². The predicted octanol–water partition coefficient (Wildman–Crippen LogP) is 3.62. The standard InChI is InChI=1S/C20H21ClFN3O3/c1-14(28-18-4-2-3-15(21)13-18)19(26)24-9-11-25(12-10-24)20(27)23-17-7-5-16(22)6-8-17/h2-8,13-14H,9-12H2,1H3,(H,23,27). The molecule has 1 N–H and O–H groups in total. The molecule has 1 unspecified atom stereocenters. The Kier molecular flexibility index (Phi) is 6.36. The highest BCUT2D eigenvalue weighted by atomic mass is 35.5. The predicted molar refractivity (Wildman–Crippen MR) is 105 cm³/mol. The van der Waals surface area contributed by atoms with E-state index in [1.54, 1.807) is 41.0 Å². The van der Waals surface area contributed by atoms with Crippen molar-refractivity contribution in [1.29, 1.82) is 0 Å². The monoisotopic (exact) mass is 405 g/mol. The summed E-state index contributed by atoms with van der Waals surface area (Å²) in [5.41, 5.74) is 0.522. The van der Waals surface area contributed by atoms with E-state index in [4.69, 9.17) is 16.3 Å². The van der Waals surface area contributed by atoms with Gasteiger partial charge in [0.1, 0.15) is 11.6 Å². The van der Waals surface area contributed by atoms with E-state index in [1.165, 1.54) is 24.3 Å². The largest absolute Gasteiger partial charge is 0.481 e. The molecule has 0 aromatic heterocycles. The number of ether oxygens (including phenoxy) is 1. The van der Waals surface area contributed by atoms with Gasteiger partial charge in [-0.05, 0) is 49.4 Å². The second kappa shape index (κ2) is 8.93. The minimum absolute atomic E-state index is 0.140. The number of benzene rings is 2. The Balaban J connectivity index is 1.49. The number of rotatable bonds is 4. The smallest absolute Gasteiger partial charge is 0.321 e. The molecule has 2 aromatic carbocycles. The number of urea groups is 1. The van der Waals surface area contributed by atoms with Crippen LogP contribution in [0.2, 0.25) is 5.02 Å². The van der Waals surface area contributed by atoms with E-state index in [1.807, 2.05) is 0 Å². The molecule has 1 saturated heterocycles. The minimum atomic E-state index is -0.655. The average molecular weight is 406 g/mol. The Morgan fingerprint density at radius 2 is 1.71 bits per heavy atom. The third-order valence-electron chi connectivity index (χ3n) is 4.43. The molecule has 2 aromatic rings. The number of halogens is 2. The van der Waals surface area contributed by atoms with Crippen molar-refractivity contribution in [2.45, 2.75) is 13.0 Å². The van der Waals surface area contributed by atoms with Gasteiger partial charge in [-0.1, -0.05) is 17.7 Å². The molecule has 6 nitrogen and oxygen atoms in total. The van der Waals surface area contributed by atoms with Crippen molar-refractivity contribution in [3.05, 3.63) is 59.4 Å². The number of hydrogen-bond acceptors (Lipinski definition) is 3. The van der Waals surface area contributed by atoms with Gasteiger partial charge < -0.3 is 19.9 Å². The first-order valence-electron chi connectivity index (χ1n) is 8.95. The number of carbonyl (C=O) groups is 2. The van der Waals surface area contributed by atoms with Crippen molar-refractivity contribution in [3.8, 4) is 5.75 Å². The van der Waals surface area contributed by atoms with Gasteiger partial charge in [0.2, 0.25) is 0 Å². The molecule has 0 bridgehead atoms. The number of hydrogen-bond donors (Lipinski definition) is 1. The van der Waals surface area contributed by atoms with Crippen molar-refractivity contribution in [1.82, 2.24) is 9.80 Å². The van der Waals surface area contributed by atoms with Gasteiger partial charge in [-0.3, -0.25) is 4.79 Å². The van der Waals surface area contributed by atoms with E-state index in [0.717, 1.165) is 0 Å². The first-order chi connectivity index (χ1) is 13.4. The van der Waals surface area contributed by atoms with Crippen molar-refractivity contribution in [2.75, 3.05) is 31.5 Å². The van der Waals surface area contributed by atoms with E-state index < -0.39 is 6.10 Å². The second-order valence-electron chi connectivity index (χ2n) is 6.47. The summed E-state index contributed by atoms with van der Waals surface area (Å²) in [6.07, 6.45) is -0.655. The lowest BCUT2D eigenvalue weighted by atomic mass is 10.2. The highest BCUT2D eigenvalue weighted by molar-refractivity contribution is 6.30. The van der Waals surface area contributed by atoms with E-state index in [-0.39, 0.29) is 17.8 Å². The van der Waals surface area contributed by atoms with Crippen LogP contribution in [0.5, 0.6) is 5.75 Å². The van der Waals surface area contributed by atoms with E-state index in [9.17, 15) is 14.0 Å². The quantitative estimate of drug-likeness (QED) is 0.845. The van der Waals surface area contributed by atoms with Crippen LogP contribution in [0, 0.1) is 5.82 Å². The lowest BCUT2D eigenvalue weighted by molar-refractivity contribution is -0.139. The average Bonchev–Trinajstić information content (AvgIpc) is 2.69. The summed E-state index contributed by atoms with van der Waals surface area (Å²) in [5, 5.41) is 3.26. The molecule has 0 aliphatic carbocycles. The molecule has 1 aliphatic rings. The Labute approximate surface area is 167 Å². The van der Waals surface area contributed by atoms with Crippen LogP contribution >= 0.6 is 11.6 Å². The summed E-state index contributed by atoms with van der Waals surface area (Å²) in [6, 6.07) is 12.2. The van der Waals surface area contributed by atoms with Crippen LogP contribution < -0.4 is 10.1 Å². The molecule has 1 atom stereocenters. The third kappa shape index (κ3) is 5.13. The maximum atomic E-state index is 12.9.